The monoisotopic (exact) mass is 446 g/mol. The number of aromatic nitrogens is 1. The van der Waals surface area contributed by atoms with E-state index in [0.29, 0.717) is 12.5 Å². The van der Waals surface area contributed by atoms with Crippen LogP contribution in [0.1, 0.15) is 134 Å². The molecule has 0 radical (unpaired) electrons. The molecule has 0 bridgehead atoms. The first-order valence-corrected chi connectivity index (χ1v) is 13.5. The van der Waals surface area contributed by atoms with Gasteiger partial charge in [-0.2, -0.15) is 0 Å². The molecule has 1 fully saturated rings. The lowest BCUT2D eigenvalue weighted by Gasteiger charge is -2.18. The lowest BCUT2D eigenvalue weighted by Crippen LogP contribution is -2.17. The van der Waals surface area contributed by atoms with Crippen LogP contribution in [0.15, 0.2) is 24.5 Å². The maximum Gasteiger partial charge on any atom is 0.303 e. The van der Waals surface area contributed by atoms with Gasteiger partial charge in [0, 0.05) is 24.9 Å². The van der Waals surface area contributed by atoms with Gasteiger partial charge in [-0.15, -0.1) is 0 Å². The van der Waals surface area contributed by atoms with Crippen LogP contribution in [0.4, 0.5) is 0 Å². The smallest absolute Gasteiger partial charge is 0.303 e. The fourth-order valence-electron chi connectivity index (χ4n) is 4.55. The SMILES string of the molecule is CCCCCCCCCCCCCCCCCC(=O)O.CN1CCC[C@H]1c1cccnc1. The van der Waals surface area contributed by atoms with Crippen LogP contribution in [0, 0.1) is 0 Å². The molecule has 0 spiro atoms. The van der Waals surface area contributed by atoms with Crippen molar-refractivity contribution >= 4 is 5.97 Å². The molecule has 0 saturated carbocycles. The van der Waals surface area contributed by atoms with Crippen molar-refractivity contribution in [3.05, 3.63) is 30.1 Å². The first-order valence-electron chi connectivity index (χ1n) is 13.5. The summed E-state index contributed by atoms with van der Waals surface area (Å²) in [5, 5.41) is 8.52. The Kier molecular flexibility index (Phi) is 18.1. The van der Waals surface area contributed by atoms with Crippen molar-refractivity contribution < 1.29 is 9.90 Å². The average Bonchev–Trinajstić information content (AvgIpc) is 3.23. The lowest BCUT2D eigenvalue weighted by molar-refractivity contribution is -0.137. The Bertz CT molecular complexity index is 550. The number of aliphatic carboxylic acids is 1. The second-order valence-electron chi connectivity index (χ2n) is 9.52. The predicted octanol–water partition coefficient (Wildman–Crippen LogP) is 8.18. The zero-order chi connectivity index (χ0) is 23.3. The summed E-state index contributed by atoms with van der Waals surface area (Å²) in [6.07, 6.45) is 26.6. The minimum atomic E-state index is -0.653. The van der Waals surface area contributed by atoms with Gasteiger partial charge in [-0.05, 0) is 44.5 Å². The van der Waals surface area contributed by atoms with E-state index >= 15 is 0 Å². The van der Waals surface area contributed by atoms with Gasteiger partial charge >= 0.3 is 5.97 Å². The van der Waals surface area contributed by atoms with Gasteiger partial charge < -0.3 is 5.11 Å². The van der Waals surface area contributed by atoms with E-state index in [1.54, 1.807) is 0 Å². The number of pyridine rings is 1. The predicted molar refractivity (Wildman–Crippen MR) is 136 cm³/mol. The first-order chi connectivity index (χ1) is 15.6. The Balaban J connectivity index is 0.000000357. The van der Waals surface area contributed by atoms with Crippen LogP contribution in [0.5, 0.6) is 0 Å². The van der Waals surface area contributed by atoms with Gasteiger partial charge in [-0.1, -0.05) is 103 Å². The third-order valence-electron chi connectivity index (χ3n) is 6.58. The van der Waals surface area contributed by atoms with E-state index in [-0.39, 0.29) is 0 Å². The third kappa shape index (κ3) is 15.4. The Morgan fingerprint density at radius 1 is 0.938 bits per heavy atom. The zero-order valence-corrected chi connectivity index (χ0v) is 21.1. The molecule has 2 heterocycles. The molecule has 0 amide bonds. The molecule has 32 heavy (non-hydrogen) atoms. The summed E-state index contributed by atoms with van der Waals surface area (Å²) in [7, 11) is 2.19. The molecule has 1 aliphatic rings. The number of hydrogen-bond donors (Lipinski definition) is 1. The van der Waals surface area contributed by atoms with Crippen LogP contribution < -0.4 is 0 Å². The van der Waals surface area contributed by atoms with Crippen molar-refractivity contribution in [1.82, 2.24) is 9.88 Å². The van der Waals surface area contributed by atoms with E-state index in [2.05, 4.69) is 29.9 Å². The highest BCUT2D eigenvalue weighted by molar-refractivity contribution is 5.66. The molecule has 1 saturated heterocycles. The molecule has 0 aromatic carbocycles. The van der Waals surface area contributed by atoms with Gasteiger partial charge in [0.05, 0.1) is 0 Å². The summed E-state index contributed by atoms with van der Waals surface area (Å²) in [5.41, 5.74) is 1.36. The largest absolute Gasteiger partial charge is 0.481 e. The normalized spacial score (nSPS) is 16.0. The van der Waals surface area contributed by atoms with E-state index in [4.69, 9.17) is 5.11 Å². The van der Waals surface area contributed by atoms with E-state index < -0.39 is 5.97 Å². The molecule has 0 aliphatic carbocycles. The molecule has 184 valence electrons. The summed E-state index contributed by atoms with van der Waals surface area (Å²) in [6.45, 7) is 3.49. The maximum absolute atomic E-state index is 10.3. The van der Waals surface area contributed by atoms with Gasteiger partial charge in [0.15, 0.2) is 0 Å². The summed E-state index contributed by atoms with van der Waals surface area (Å²) >= 11 is 0. The summed E-state index contributed by atoms with van der Waals surface area (Å²) in [5.74, 6) is -0.653. The standard InChI is InChI=1S/C18H36O2.C10H14N2/c1-2-3-4-5-6-7-8-9-10-11-12-13-14-15-16-17-18(19)20;1-12-7-3-5-10(12)9-4-2-6-11-8-9/h2-17H2,1H3,(H,19,20);2,4,6,8,10H,3,5,7H2,1H3/t;10-/m.0/s1. The quantitative estimate of drug-likeness (QED) is 0.245. The van der Waals surface area contributed by atoms with Crippen molar-refractivity contribution in [2.75, 3.05) is 13.6 Å². The first kappa shape index (κ1) is 28.6. The molecule has 1 aliphatic heterocycles. The molecule has 4 nitrogen and oxygen atoms in total. The minimum Gasteiger partial charge on any atom is -0.481 e. The van der Waals surface area contributed by atoms with Gasteiger partial charge in [-0.25, -0.2) is 0 Å². The molecule has 1 atom stereocenters. The van der Waals surface area contributed by atoms with E-state index in [0.717, 1.165) is 12.8 Å². The lowest BCUT2D eigenvalue weighted by atomic mass is 10.0. The summed E-state index contributed by atoms with van der Waals surface area (Å²) in [4.78, 5) is 16.9. The Hall–Kier alpha value is -1.42. The van der Waals surface area contributed by atoms with Crippen molar-refractivity contribution in [2.45, 2.75) is 129 Å². The maximum atomic E-state index is 10.3. The number of unbranched alkanes of at least 4 members (excludes halogenated alkanes) is 14. The molecule has 4 heteroatoms. The number of hydrogen-bond acceptors (Lipinski definition) is 3. The van der Waals surface area contributed by atoms with Gasteiger partial charge in [0.2, 0.25) is 0 Å². The number of nitrogens with zero attached hydrogens (tertiary/aromatic N) is 2. The van der Waals surface area contributed by atoms with Crippen molar-refractivity contribution in [3.8, 4) is 0 Å². The molecule has 2 rings (SSSR count). The number of carbonyl (C=O) groups is 1. The van der Waals surface area contributed by atoms with Crippen molar-refractivity contribution in [2.24, 2.45) is 0 Å². The zero-order valence-electron chi connectivity index (χ0n) is 21.1. The topological polar surface area (TPSA) is 53.4 Å². The van der Waals surface area contributed by atoms with Crippen LogP contribution in [0.3, 0.4) is 0 Å². The number of likely N-dealkylation sites (tertiary alicyclic amines) is 1. The van der Waals surface area contributed by atoms with Crippen molar-refractivity contribution in [3.63, 3.8) is 0 Å². The number of carboxylic acid groups (broad SMARTS) is 1. The van der Waals surface area contributed by atoms with Gasteiger partial charge in [0.1, 0.15) is 0 Å². The van der Waals surface area contributed by atoms with E-state index in [1.165, 1.54) is 108 Å². The van der Waals surface area contributed by atoms with Crippen LogP contribution in [-0.4, -0.2) is 34.6 Å². The van der Waals surface area contributed by atoms with Crippen LogP contribution in [-0.2, 0) is 4.79 Å². The fraction of sp³-hybridized carbons (Fsp3) is 0.786. The second-order valence-corrected chi connectivity index (χ2v) is 9.52. The second kappa shape index (κ2) is 20.2. The molecule has 0 unspecified atom stereocenters. The van der Waals surface area contributed by atoms with Crippen LogP contribution in [0.25, 0.3) is 0 Å². The van der Waals surface area contributed by atoms with Crippen LogP contribution in [0.2, 0.25) is 0 Å². The van der Waals surface area contributed by atoms with Crippen molar-refractivity contribution in [1.29, 1.82) is 0 Å². The average molecular weight is 447 g/mol. The third-order valence-corrected chi connectivity index (χ3v) is 6.58. The highest BCUT2D eigenvalue weighted by Gasteiger charge is 2.21. The fourth-order valence-corrected chi connectivity index (χ4v) is 4.55. The highest BCUT2D eigenvalue weighted by atomic mass is 16.4. The Morgan fingerprint density at radius 2 is 1.47 bits per heavy atom. The number of carboxylic acids is 1. The van der Waals surface area contributed by atoms with E-state index in [9.17, 15) is 4.79 Å². The molecular formula is C28H50N2O2. The van der Waals surface area contributed by atoms with Gasteiger partial charge in [0.25, 0.3) is 0 Å². The molecule has 1 N–H and O–H groups in total. The molecule has 1 aromatic rings. The Labute approximate surface area is 198 Å². The molecule has 1 aromatic heterocycles. The van der Waals surface area contributed by atoms with Crippen LogP contribution >= 0.6 is 0 Å². The highest BCUT2D eigenvalue weighted by Crippen LogP contribution is 2.29. The Morgan fingerprint density at radius 3 is 1.88 bits per heavy atom. The summed E-state index contributed by atoms with van der Waals surface area (Å²) < 4.78 is 0. The van der Waals surface area contributed by atoms with Gasteiger partial charge in [-0.3, -0.25) is 14.7 Å². The minimum absolute atomic E-state index is 0.345. The molecular weight excluding hydrogens is 396 g/mol. The van der Waals surface area contributed by atoms with E-state index in [1.807, 2.05) is 18.5 Å². The summed E-state index contributed by atoms with van der Waals surface area (Å²) in [6, 6.07) is 4.79. The number of rotatable bonds is 17.